The number of rotatable bonds is 4. The van der Waals surface area contributed by atoms with Gasteiger partial charge in [-0.1, -0.05) is 4.52 Å². The maximum Gasteiger partial charge on any atom is 0.355 e. The standard InChI is InChI=1S/C13H16N6O5S2/c1-17-10-9(26-19(17)16-15-10)5-4-25-12-7(14)11(21)18(12)8(5)13(22)24-3-6(20)23-2/h7,9,12,16H,3-4,14H2,1-2H3/t7?,9?,12-/m0/s1. The van der Waals surface area contributed by atoms with Gasteiger partial charge in [-0.05, 0) is 17.5 Å². The summed E-state index contributed by atoms with van der Waals surface area (Å²) in [5.41, 5.74) is 9.52. The number of thioether (sulfide) groups is 1. The summed E-state index contributed by atoms with van der Waals surface area (Å²) in [5, 5.41) is 5.49. The number of carbonyl (C=O) groups is 3. The number of amides is 1. The van der Waals surface area contributed by atoms with Crippen molar-refractivity contribution in [2.24, 2.45) is 10.8 Å². The summed E-state index contributed by atoms with van der Waals surface area (Å²) < 4.78 is 11.3. The summed E-state index contributed by atoms with van der Waals surface area (Å²) in [4.78, 5) is 37.6. The molecule has 4 atom stereocenters. The van der Waals surface area contributed by atoms with Crippen LogP contribution in [0.5, 0.6) is 0 Å². The fourth-order valence-electron chi connectivity index (χ4n) is 3.00. The van der Waals surface area contributed by atoms with Gasteiger partial charge in [0.05, 0.1) is 7.11 Å². The zero-order valence-electron chi connectivity index (χ0n) is 13.9. The third-order valence-corrected chi connectivity index (χ3v) is 6.95. The zero-order valence-corrected chi connectivity index (χ0v) is 15.5. The molecule has 0 aromatic carbocycles. The molecule has 4 aliphatic rings. The van der Waals surface area contributed by atoms with Gasteiger partial charge in [0.1, 0.15) is 22.4 Å². The average Bonchev–Trinajstić information content (AvgIpc) is 3.18. The average molecular weight is 400 g/mol. The van der Waals surface area contributed by atoms with Crippen molar-refractivity contribution in [2.75, 3.05) is 26.5 Å². The molecule has 0 aromatic rings. The Morgan fingerprint density at radius 1 is 1.46 bits per heavy atom. The van der Waals surface area contributed by atoms with Crippen LogP contribution in [0.4, 0.5) is 0 Å². The summed E-state index contributed by atoms with van der Waals surface area (Å²) >= 11 is 2.93. The van der Waals surface area contributed by atoms with Gasteiger partial charge in [-0.2, -0.15) is 0 Å². The monoisotopic (exact) mass is 400 g/mol. The lowest BCUT2D eigenvalue weighted by Gasteiger charge is -2.48. The van der Waals surface area contributed by atoms with Crippen LogP contribution in [0.25, 0.3) is 0 Å². The summed E-state index contributed by atoms with van der Waals surface area (Å²) in [7, 11) is 3.04. The van der Waals surface area contributed by atoms with Crippen molar-refractivity contribution in [1.82, 2.24) is 20.0 Å². The molecular weight excluding hydrogens is 384 g/mol. The SMILES string of the molecule is COC(=O)COC(=O)C1=C(C2SN3NN=C2N3C)CS[C@H]2C(N)C(=O)N12. The van der Waals surface area contributed by atoms with Crippen molar-refractivity contribution in [1.29, 1.82) is 0 Å². The molecule has 13 heteroatoms. The molecule has 0 spiro atoms. The lowest BCUT2D eigenvalue weighted by atomic mass is 10.0. The highest BCUT2D eigenvalue weighted by Gasteiger charge is 2.55. The van der Waals surface area contributed by atoms with E-state index in [1.165, 1.54) is 35.7 Å². The van der Waals surface area contributed by atoms with Gasteiger partial charge in [0.15, 0.2) is 12.4 Å². The summed E-state index contributed by atoms with van der Waals surface area (Å²) in [6.45, 7) is -0.523. The molecule has 26 heavy (non-hydrogen) atoms. The van der Waals surface area contributed by atoms with E-state index in [-0.39, 0.29) is 22.2 Å². The number of methoxy groups -OCH3 is 1. The number of hydrogen-bond acceptors (Lipinski definition) is 12. The first-order chi connectivity index (χ1) is 12.4. The number of β-lactam (4-membered cyclic amide) rings is 1. The molecule has 0 radical (unpaired) electrons. The third-order valence-electron chi connectivity index (χ3n) is 4.39. The maximum atomic E-state index is 12.7. The van der Waals surface area contributed by atoms with Crippen molar-refractivity contribution < 1.29 is 23.9 Å². The van der Waals surface area contributed by atoms with Crippen molar-refractivity contribution in [2.45, 2.75) is 16.7 Å². The van der Waals surface area contributed by atoms with Gasteiger partial charge < -0.3 is 15.2 Å². The molecule has 0 aliphatic carbocycles. The minimum Gasteiger partial charge on any atom is -0.466 e. The number of esters is 2. The molecule has 11 nitrogen and oxygen atoms in total. The van der Waals surface area contributed by atoms with Crippen molar-refractivity contribution in [3.05, 3.63) is 11.3 Å². The number of hydrazone groups is 1. The fourth-order valence-corrected chi connectivity index (χ4v) is 5.57. The van der Waals surface area contributed by atoms with E-state index in [2.05, 4.69) is 15.4 Å². The van der Waals surface area contributed by atoms with Crippen molar-refractivity contribution in [3.63, 3.8) is 0 Å². The Labute approximate surface area is 156 Å². The first-order valence-corrected chi connectivity index (χ1v) is 9.53. The number of hydrazine groups is 2. The number of fused-ring (bicyclic) bond motifs is 3. The van der Waals surface area contributed by atoms with E-state index in [0.29, 0.717) is 11.3 Å². The van der Waals surface area contributed by atoms with Crippen molar-refractivity contribution >= 4 is 47.4 Å². The summed E-state index contributed by atoms with van der Waals surface area (Å²) in [6, 6.07) is -0.650. The van der Waals surface area contributed by atoms with E-state index in [0.717, 1.165) is 5.84 Å². The second-order valence-electron chi connectivity index (χ2n) is 5.81. The van der Waals surface area contributed by atoms with Gasteiger partial charge in [-0.3, -0.25) is 14.7 Å². The summed E-state index contributed by atoms with van der Waals surface area (Å²) in [5.74, 6) is -0.539. The van der Waals surface area contributed by atoms with E-state index < -0.39 is 24.6 Å². The van der Waals surface area contributed by atoms with Crippen LogP contribution in [-0.2, 0) is 23.9 Å². The van der Waals surface area contributed by atoms with Crippen LogP contribution in [0.1, 0.15) is 0 Å². The zero-order chi connectivity index (χ0) is 18.6. The van der Waals surface area contributed by atoms with Gasteiger partial charge >= 0.3 is 11.9 Å². The number of nitrogens with two attached hydrogens (primary N) is 1. The molecule has 2 saturated heterocycles. The van der Waals surface area contributed by atoms with Gasteiger partial charge in [0, 0.05) is 12.8 Å². The molecule has 4 rings (SSSR count). The Morgan fingerprint density at radius 2 is 2.23 bits per heavy atom. The Morgan fingerprint density at radius 3 is 2.85 bits per heavy atom. The van der Waals surface area contributed by atoms with Crippen LogP contribution in [-0.4, -0.2) is 81.3 Å². The van der Waals surface area contributed by atoms with E-state index in [1.807, 2.05) is 12.1 Å². The Hall–Kier alpha value is -1.96. The highest BCUT2D eigenvalue weighted by Crippen LogP contribution is 2.45. The van der Waals surface area contributed by atoms with Crippen LogP contribution in [0, 0.1) is 0 Å². The lowest BCUT2D eigenvalue weighted by Crippen LogP contribution is -2.68. The van der Waals surface area contributed by atoms with E-state index in [9.17, 15) is 14.4 Å². The molecule has 2 fully saturated rings. The Kier molecular flexibility index (Phi) is 4.25. The Bertz CT molecular complexity index is 757. The minimum absolute atomic E-state index is 0.145. The normalized spacial score (nSPS) is 32.0. The third kappa shape index (κ3) is 2.46. The molecular formula is C13H16N6O5S2. The quantitative estimate of drug-likeness (QED) is 0.315. The number of nitrogens with one attached hydrogen (secondary N) is 1. The highest BCUT2D eigenvalue weighted by molar-refractivity contribution is 8.01. The molecule has 140 valence electrons. The maximum absolute atomic E-state index is 12.7. The van der Waals surface area contributed by atoms with Crippen LogP contribution in [0.2, 0.25) is 0 Å². The predicted octanol–water partition coefficient (Wildman–Crippen LogP) is -1.79. The molecule has 2 bridgehead atoms. The first-order valence-electron chi connectivity index (χ1n) is 7.65. The van der Waals surface area contributed by atoms with Crippen molar-refractivity contribution in [3.8, 4) is 0 Å². The number of hydrogen-bond donors (Lipinski definition) is 2. The molecule has 0 aromatic heterocycles. The minimum atomic E-state index is -0.745. The van der Waals surface area contributed by atoms with Crippen LogP contribution >= 0.6 is 23.7 Å². The topological polar surface area (TPSA) is 130 Å². The predicted molar refractivity (Wildman–Crippen MR) is 92.6 cm³/mol. The molecule has 0 saturated carbocycles. The Balaban J connectivity index is 1.67. The van der Waals surface area contributed by atoms with Gasteiger partial charge in [-0.25, -0.2) is 15.1 Å². The molecule has 4 aliphatic heterocycles. The first kappa shape index (κ1) is 17.5. The lowest BCUT2D eigenvalue weighted by molar-refractivity contribution is -0.158. The molecule has 1 amide bonds. The summed E-state index contributed by atoms with van der Waals surface area (Å²) in [6.07, 6.45) is 0. The van der Waals surface area contributed by atoms with Gasteiger partial charge in [0.25, 0.3) is 0 Å². The van der Waals surface area contributed by atoms with E-state index in [1.54, 1.807) is 4.52 Å². The van der Waals surface area contributed by atoms with E-state index in [4.69, 9.17) is 10.5 Å². The number of amidine groups is 1. The number of ether oxygens (including phenoxy) is 2. The number of carbonyl (C=O) groups excluding carboxylic acids is 3. The number of nitrogens with zero attached hydrogens (tertiary/aromatic N) is 4. The van der Waals surface area contributed by atoms with Crippen LogP contribution in [0.3, 0.4) is 0 Å². The highest BCUT2D eigenvalue weighted by atomic mass is 32.2. The fraction of sp³-hybridized carbons (Fsp3) is 0.538. The second kappa shape index (κ2) is 6.33. The second-order valence-corrected chi connectivity index (χ2v) is 7.95. The van der Waals surface area contributed by atoms with Gasteiger partial charge in [-0.15, -0.1) is 16.9 Å². The van der Waals surface area contributed by atoms with Crippen LogP contribution in [0.15, 0.2) is 16.4 Å². The largest absolute Gasteiger partial charge is 0.466 e. The van der Waals surface area contributed by atoms with Crippen LogP contribution < -0.4 is 11.3 Å². The smallest absolute Gasteiger partial charge is 0.355 e. The molecule has 3 unspecified atom stereocenters. The molecule has 4 heterocycles. The van der Waals surface area contributed by atoms with E-state index >= 15 is 0 Å². The van der Waals surface area contributed by atoms with Gasteiger partial charge in [0.2, 0.25) is 5.91 Å². The molecule has 3 N–H and O–H groups in total.